The second-order valence-corrected chi connectivity index (χ2v) is 5.55. The molecule has 0 fully saturated rings. The predicted octanol–water partition coefficient (Wildman–Crippen LogP) is 4.05. The molecule has 0 radical (unpaired) electrons. The van der Waals surface area contributed by atoms with Crippen LogP contribution < -0.4 is 0 Å². The number of hydrogen-bond acceptors (Lipinski definition) is 2. The van der Waals surface area contributed by atoms with Crippen molar-refractivity contribution in [3.05, 3.63) is 53.1 Å². The summed E-state index contributed by atoms with van der Waals surface area (Å²) < 4.78 is 2.14. The number of aryl methyl sites for hydroxylation is 2. The first-order valence-corrected chi connectivity index (χ1v) is 7.41. The van der Waals surface area contributed by atoms with Gasteiger partial charge in [0.1, 0.15) is 5.82 Å². The van der Waals surface area contributed by atoms with Crippen molar-refractivity contribution in [3.63, 3.8) is 0 Å². The number of halogens is 1. The number of aliphatic hydroxyl groups is 1. The molecule has 0 atom stereocenters. The third-order valence-corrected chi connectivity index (χ3v) is 3.87. The molecule has 0 aliphatic carbocycles. The lowest BCUT2D eigenvalue weighted by atomic mass is 10.1. The van der Waals surface area contributed by atoms with Gasteiger partial charge in [-0.05, 0) is 37.1 Å². The highest BCUT2D eigenvalue weighted by Gasteiger charge is 2.14. The molecular weight excluding hydrogens is 284 g/mol. The standard InChI is InChI=1S/C17H17ClN2O/c1-12-5-2-3-6-14(12)17-19-15-8-7-13(18)11-16(15)20(17)9-4-10-21/h2-3,5-8,11,21H,4,9-10H2,1H3. The molecule has 108 valence electrons. The van der Waals surface area contributed by atoms with Crippen molar-refractivity contribution in [2.75, 3.05) is 6.61 Å². The normalized spacial score (nSPS) is 11.2. The Labute approximate surface area is 128 Å². The molecule has 3 rings (SSSR count). The summed E-state index contributed by atoms with van der Waals surface area (Å²) in [6.07, 6.45) is 0.691. The summed E-state index contributed by atoms with van der Waals surface area (Å²) in [6.45, 7) is 2.96. The Morgan fingerprint density at radius 3 is 2.76 bits per heavy atom. The van der Waals surface area contributed by atoms with Gasteiger partial charge in [-0.1, -0.05) is 35.9 Å². The molecule has 1 heterocycles. The van der Waals surface area contributed by atoms with Gasteiger partial charge in [0.05, 0.1) is 11.0 Å². The van der Waals surface area contributed by atoms with Crippen LogP contribution in [0.3, 0.4) is 0 Å². The third kappa shape index (κ3) is 2.67. The molecule has 0 saturated carbocycles. The second-order valence-electron chi connectivity index (χ2n) is 5.11. The van der Waals surface area contributed by atoms with Crippen molar-refractivity contribution in [1.82, 2.24) is 9.55 Å². The average molecular weight is 301 g/mol. The molecule has 1 aromatic heterocycles. The zero-order valence-electron chi connectivity index (χ0n) is 11.9. The van der Waals surface area contributed by atoms with E-state index >= 15 is 0 Å². The molecule has 2 aromatic carbocycles. The fraction of sp³-hybridized carbons (Fsp3) is 0.235. The summed E-state index contributed by atoms with van der Waals surface area (Å²) in [5, 5.41) is 9.85. The number of imidazole rings is 1. The second kappa shape index (κ2) is 5.88. The van der Waals surface area contributed by atoms with Gasteiger partial charge in [0.25, 0.3) is 0 Å². The molecule has 3 aromatic rings. The number of nitrogens with zero attached hydrogens (tertiary/aromatic N) is 2. The summed E-state index contributed by atoms with van der Waals surface area (Å²) in [6, 6.07) is 13.9. The van der Waals surface area contributed by atoms with Gasteiger partial charge in [-0.15, -0.1) is 0 Å². The van der Waals surface area contributed by atoms with E-state index < -0.39 is 0 Å². The number of fused-ring (bicyclic) bond motifs is 1. The van der Waals surface area contributed by atoms with Gasteiger partial charge in [0.2, 0.25) is 0 Å². The molecule has 1 N–H and O–H groups in total. The number of rotatable bonds is 4. The van der Waals surface area contributed by atoms with Crippen LogP contribution in [0, 0.1) is 6.92 Å². The Bertz CT molecular complexity index is 780. The SMILES string of the molecule is Cc1ccccc1-c1nc2ccc(Cl)cc2n1CCCO. The van der Waals surface area contributed by atoms with Crippen molar-refractivity contribution in [3.8, 4) is 11.4 Å². The maximum atomic E-state index is 9.15. The fourth-order valence-corrected chi connectivity index (χ4v) is 2.75. The summed E-state index contributed by atoms with van der Waals surface area (Å²) in [4.78, 5) is 4.76. The summed E-state index contributed by atoms with van der Waals surface area (Å²) in [5.41, 5.74) is 4.23. The molecular formula is C17H17ClN2O. The van der Waals surface area contributed by atoms with E-state index in [-0.39, 0.29) is 6.61 Å². The highest BCUT2D eigenvalue weighted by molar-refractivity contribution is 6.31. The van der Waals surface area contributed by atoms with Crippen LogP contribution in [-0.2, 0) is 6.54 Å². The minimum atomic E-state index is 0.160. The van der Waals surface area contributed by atoms with E-state index in [2.05, 4.69) is 23.6 Å². The molecule has 0 bridgehead atoms. The maximum Gasteiger partial charge on any atom is 0.141 e. The van der Waals surface area contributed by atoms with Crippen LogP contribution in [0.1, 0.15) is 12.0 Å². The first-order valence-electron chi connectivity index (χ1n) is 7.03. The lowest BCUT2D eigenvalue weighted by Gasteiger charge is -2.10. The smallest absolute Gasteiger partial charge is 0.141 e. The molecule has 0 saturated heterocycles. The van der Waals surface area contributed by atoms with E-state index in [0.29, 0.717) is 11.4 Å². The quantitative estimate of drug-likeness (QED) is 0.789. The molecule has 0 spiro atoms. The maximum absolute atomic E-state index is 9.15. The van der Waals surface area contributed by atoms with Gasteiger partial charge in [-0.25, -0.2) is 4.98 Å². The minimum Gasteiger partial charge on any atom is -0.396 e. The number of hydrogen-bond donors (Lipinski definition) is 1. The van der Waals surface area contributed by atoms with Crippen LogP contribution in [0.4, 0.5) is 0 Å². The van der Waals surface area contributed by atoms with E-state index in [1.165, 1.54) is 5.56 Å². The van der Waals surface area contributed by atoms with Gasteiger partial charge in [-0.3, -0.25) is 0 Å². The average Bonchev–Trinajstić information content (AvgIpc) is 2.83. The summed E-state index contributed by atoms with van der Waals surface area (Å²) in [7, 11) is 0. The van der Waals surface area contributed by atoms with E-state index in [1.54, 1.807) is 0 Å². The molecule has 4 heteroatoms. The molecule has 0 aliphatic heterocycles. The Hall–Kier alpha value is -1.84. The van der Waals surface area contributed by atoms with Crippen LogP contribution >= 0.6 is 11.6 Å². The van der Waals surface area contributed by atoms with Gasteiger partial charge < -0.3 is 9.67 Å². The Kier molecular flexibility index (Phi) is 3.95. The van der Waals surface area contributed by atoms with Crippen LogP contribution in [0.2, 0.25) is 5.02 Å². The van der Waals surface area contributed by atoms with Crippen molar-refractivity contribution in [2.45, 2.75) is 19.9 Å². The Morgan fingerprint density at radius 2 is 2.00 bits per heavy atom. The molecule has 0 aliphatic rings. The molecule has 0 unspecified atom stereocenters. The van der Waals surface area contributed by atoms with Crippen molar-refractivity contribution < 1.29 is 5.11 Å². The Morgan fingerprint density at radius 1 is 1.19 bits per heavy atom. The summed E-state index contributed by atoms with van der Waals surface area (Å²) in [5.74, 6) is 0.929. The first-order chi connectivity index (χ1) is 10.2. The van der Waals surface area contributed by atoms with Crippen molar-refractivity contribution >= 4 is 22.6 Å². The predicted molar refractivity (Wildman–Crippen MR) is 86.6 cm³/mol. The summed E-state index contributed by atoms with van der Waals surface area (Å²) >= 11 is 6.12. The van der Waals surface area contributed by atoms with Crippen LogP contribution in [0.15, 0.2) is 42.5 Å². The minimum absolute atomic E-state index is 0.160. The van der Waals surface area contributed by atoms with Gasteiger partial charge in [0, 0.05) is 23.7 Å². The first kappa shape index (κ1) is 14.1. The molecule has 0 amide bonds. The molecule has 3 nitrogen and oxygen atoms in total. The Balaban J connectivity index is 2.23. The zero-order chi connectivity index (χ0) is 14.8. The van der Waals surface area contributed by atoms with Gasteiger partial charge in [0.15, 0.2) is 0 Å². The number of benzene rings is 2. The van der Waals surface area contributed by atoms with Crippen molar-refractivity contribution in [1.29, 1.82) is 0 Å². The lowest BCUT2D eigenvalue weighted by molar-refractivity contribution is 0.281. The number of aliphatic hydroxyl groups excluding tert-OH is 1. The topological polar surface area (TPSA) is 38.0 Å². The van der Waals surface area contributed by atoms with Crippen molar-refractivity contribution in [2.24, 2.45) is 0 Å². The van der Waals surface area contributed by atoms with Crippen LogP contribution in [0.25, 0.3) is 22.4 Å². The van der Waals surface area contributed by atoms with E-state index in [4.69, 9.17) is 21.7 Å². The number of aromatic nitrogens is 2. The monoisotopic (exact) mass is 300 g/mol. The van der Waals surface area contributed by atoms with E-state index in [9.17, 15) is 0 Å². The van der Waals surface area contributed by atoms with E-state index in [0.717, 1.165) is 29.0 Å². The molecule has 21 heavy (non-hydrogen) atoms. The third-order valence-electron chi connectivity index (χ3n) is 3.64. The van der Waals surface area contributed by atoms with E-state index in [1.807, 2.05) is 30.3 Å². The zero-order valence-corrected chi connectivity index (χ0v) is 12.6. The van der Waals surface area contributed by atoms with Gasteiger partial charge >= 0.3 is 0 Å². The lowest BCUT2D eigenvalue weighted by Crippen LogP contribution is -2.03. The highest BCUT2D eigenvalue weighted by Crippen LogP contribution is 2.28. The highest BCUT2D eigenvalue weighted by atomic mass is 35.5. The van der Waals surface area contributed by atoms with Gasteiger partial charge in [-0.2, -0.15) is 0 Å². The fourth-order valence-electron chi connectivity index (χ4n) is 2.58. The van der Waals surface area contributed by atoms with Crippen LogP contribution in [-0.4, -0.2) is 21.3 Å². The van der Waals surface area contributed by atoms with Crippen LogP contribution in [0.5, 0.6) is 0 Å². The largest absolute Gasteiger partial charge is 0.396 e.